The lowest BCUT2D eigenvalue weighted by Gasteiger charge is -2.34. The Balaban J connectivity index is 1.33. The number of amides is 3. The molecule has 3 aromatic heterocycles. The smallest absolute Gasteiger partial charge is 0.416 e. The number of halogens is 3. The molecule has 0 saturated carbocycles. The van der Waals surface area contributed by atoms with Gasteiger partial charge < -0.3 is 15.0 Å². The summed E-state index contributed by atoms with van der Waals surface area (Å²) in [6.07, 6.45) is 2.07. The van der Waals surface area contributed by atoms with Crippen molar-refractivity contribution in [2.24, 2.45) is 0 Å². The predicted molar refractivity (Wildman–Crippen MR) is 148 cm³/mol. The zero-order chi connectivity index (χ0) is 30.3. The summed E-state index contributed by atoms with van der Waals surface area (Å²) in [5.41, 5.74) is 0.843. The van der Waals surface area contributed by atoms with Crippen molar-refractivity contribution < 1.29 is 32.3 Å². The van der Waals surface area contributed by atoms with Crippen LogP contribution in [0.4, 0.5) is 29.6 Å². The van der Waals surface area contributed by atoms with E-state index in [1.165, 1.54) is 25.4 Å². The second-order valence-electron chi connectivity index (χ2n) is 10.4. The molecule has 0 spiro atoms. The first-order chi connectivity index (χ1) is 20.6. The van der Waals surface area contributed by atoms with Gasteiger partial charge in [0.15, 0.2) is 5.82 Å². The van der Waals surface area contributed by atoms with E-state index in [0.29, 0.717) is 35.6 Å². The second kappa shape index (κ2) is 11.0. The van der Waals surface area contributed by atoms with Crippen LogP contribution in [-0.2, 0) is 15.7 Å². The van der Waals surface area contributed by atoms with E-state index >= 15 is 0 Å². The van der Waals surface area contributed by atoms with Gasteiger partial charge in [0.25, 0.3) is 5.91 Å². The number of piperidine rings is 1. The number of rotatable bonds is 5. The van der Waals surface area contributed by atoms with Gasteiger partial charge in [-0.1, -0.05) is 12.1 Å². The van der Waals surface area contributed by atoms with Crippen LogP contribution in [0.2, 0.25) is 0 Å². The number of fused-ring (bicyclic) bond motifs is 2. The largest absolute Gasteiger partial charge is 0.453 e. The van der Waals surface area contributed by atoms with Crippen LogP contribution >= 0.6 is 0 Å². The van der Waals surface area contributed by atoms with E-state index < -0.39 is 23.7 Å². The van der Waals surface area contributed by atoms with Gasteiger partial charge in [-0.2, -0.15) is 13.2 Å². The SMILES string of the molecule is COC(=O)Nc1nccn2c(C3CCC4CCC(=O)N4C3)nc(-c3ccc(C(=O)Nc4cc(C(F)(F)F)ccn4)cc3)c12. The number of anilines is 2. The van der Waals surface area contributed by atoms with E-state index in [-0.39, 0.29) is 35.1 Å². The summed E-state index contributed by atoms with van der Waals surface area (Å²) >= 11 is 0. The first-order valence-electron chi connectivity index (χ1n) is 13.6. The molecule has 1 aromatic carbocycles. The summed E-state index contributed by atoms with van der Waals surface area (Å²) in [5.74, 6) is 0.125. The fraction of sp³-hybridized carbons (Fsp3) is 0.310. The fourth-order valence-electron chi connectivity index (χ4n) is 5.71. The molecule has 0 radical (unpaired) electrons. The normalized spacial score (nSPS) is 18.4. The molecule has 222 valence electrons. The summed E-state index contributed by atoms with van der Waals surface area (Å²) in [4.78, 5) is 52.5. The summed E-state index contributed by atoms with van der Waals surface area (Å²) in [5, 5.41) is 5.02. The molecule has 2 fully saturated rings. The van der Waals surface area contributed by atoms with Crippen LogP contribution < -0.4 is 10.6 Å². The van der Waals surface area contributed by atoms with Crippen LogP contribution in [0.1, 0.15) is 53.3 Å². The summed E-state index contributed by atoms with van der Waals surface area (Å²) in [6, 6.07) is 8.16. The van der Waals surface area contributed by atoms with E-state index in [1.54, 1.807) is 18.3 Å². The van der Waals surface area contributed by atoms with E-state index in [1.807, 2.05) is 9.30 Å². The van der Waals surface area contributed by atoms with Crippen LogP contribution in [0.5, 0.6) is 0 Å². The number of hydrogen-bond donors (Lipinski definition) is 2. The van der Waals surface area contributed by atoms with Crippen LogP contribution in [0.3, 0.4) is 0 Å². The Bertz CT molecular complexity index is 1720. The zero-order valence-corrected chi connectivity index (χ0v) is 22.9. The molecule has 14 heteroatoms. The molecule has 2 N–H and O–H groups in total. The highest BCUT2D eigenvalue weighted by atomic mass is 19.4. The summed E-state index contributed by atoms with van der Waals surface area (Å²) < 4.78 is 45.8. The number of carbonyl (C=O) groups excluding carboxylic acids is 3. The highest BCUT2D eigenvalue weighted by molar-refractivity contribution is 6.04. The number of carbonyl (C=O) groups is 3. The standard InChI is InChI=1S/C29H26F3N7O4/c1-43-28(42)37-25-24-23(36-26(38(24)13-12-34-25)18-6-7-20-8-9-22(40)39(20)15-18)16-2-4-17(5-3-16)27(41)35-21-14-19(10-11-33-21)29(30,31)32/h2-5,10-14,18,20H,6-9,15H2,1H3,(H,33,35,41)(H,34,37,42). The third kappa shape index (κ3) is 5.47. The van der Waals surface area contributed by atoms with Crippen molar-refractivity contribution in [1.82, 2.24) is 24.3 Å². The van der Waals surface area contributed by atoms with Gasteiger partial charge >= 0.3 is 12.3 Å². The lowest BCUT2D eigenvalue weighted by molar-refractivity contribution is -0.137. The molecule has 2 unspecified atom stereocenters. The van der Waals surface area contributed by atoms with Crippen molar-refractivity contribution in [3.8, 4) is 11.3 Å². The Hall–Kier alpha value is -5.01. The van der Waals surface area contributed by atoms with Gasteiger partial charge in [-0.25, -0.2) is 19.7 Å². The Morgan fingerprint density at radius 2 is 1.81 bits per heavy atom. The molecular formula is C29H26F3N7O4. The molecule has 2 aliphatic rings. The highest BCUT2D eigenvalue weighted by Crippen LogP contribution is 2.38. The van der Waals surface area contributed by atoms with Crippen molar-refractivity contribution in [3.63, 3.8) is 0 Å². The van der Waals surface area contributed by atoms with E-state index in [0.717, 1.165) is 37.6 Å². The van der Waals surface area contributed by atoms with E-state index in [4.69, 9.17) is 9.72 Å². The average molecular weight is 594 g/mol. The van der Waals surface area contributed by atoms with Crippen LogP contribution in [0.25, 0.3) is 16.8 Å². The van der Waals surface area contributed by atoms with Crippen molar-refractivity contribution in [2.75, 3.05) is 24.3 Å². The maximum atomic E-state index is 13.1. The number of pyridine rings is 1. The van der Waals surface area contributed by atoms with Crippen LogP contribution in [0.15, 0.2) is 55.0 Å². The van der Waals surface area contributed by atoms with Crippen molar-refractivity contribution in [1.29, 1.82) is 0 Å². The molecule has 5 heterocycles. The Kier molecular flexibility index (Phi) is 7.20. The second-order valence-corrected chi connectivity index (χ2v) is 10.4. The Morgan fingerprint density at radius 1 is 1.02 bits per heavy atom. The van der Waals surface area contributed by atoms with Gasteiger partial charge in [0.1, 0.15) is 22.9 Å². The van der Waals surface area contributed by atoms with Crippen molar-refractivity contribution >= 4 is 35.1 Å². The lowest BCUT2D eigenvalue weighted by Crippen LogP contribution is -2.41. The number of methoxy groups -OCH3 is 1. The number of hydrogen-bond acceptors (Lipinski definition) is 7. The van der Waals surface area contributed by atoms with Gasteiger partial charge in [-0.3, -0.25) is 19.3 Å². The number of nitrogens with one attached hydrogen (secondary N) is 2. The molecule has 11 nitrogen and oxygen atoms in total. The monoisotopic (exact) mass is 593 g/mol. The molecule has 6 rings (SSSR count). The highest BCUT2D eigenvalue weighted by Gasteiger charge is 2.38. The number of aromatic nitrogens is 4. The number of nitrogens with zero attached hydrogens (tertiary/aromatic N) is 5. The molecule has 43 heavy (non-hydrogen) atoms. The van der Waals surface area contributed by atoms with Gasteiger partial charge in [0.05, 0.1) is 12.7 Å². The molecule has 0 aliphatic carbocycles. The van der Waals surface area contributed by atoms with E-state index in [9.17, 15) is 27.6 Å². The topological polar surface area (TPSA) is 131 Å². The van der Waals surface area contributed by atoms with Gasteiger partial charge in [0, 0.05) is 54.6 Å². The van der Waals surface area contributed by atoms with E-state index in [2.05, 4.69) is 20.6 Å². The minimum atomic E-state index is -4.57. The van der Waals surface area contributed by atoms with Crippen molar-refractivity contribution in [3.05, 3.63) is 71.9 Å². The minimum absolute atomic E-state index is 0.0575. The van der Waals surface area contributed by atoms with Crippen molar-refractivity contribution in [2.45, 2.75) is 43.8 Å². The third-order valence-corrected chi connectivity index (χ3v) is 7.82. The van der Waals surface area contributed by atoms with Gasteiger partial charge in [0.2, 0.25) is 5.91 Å². The predicted octanol–water partition coefficient (Wildman–Crippen LogP) is 5.11. The Morgan fingerprint density at radius 3 is 2.56 bits per heavy atom. The first kappa shape index (κ1) is 28.1. The Labute approximate surface area is 243 Å². The van der Waals surface area contributed by atoms with Gasteiger partial charge in [-0.05, 0) is 43.5 Å². The van der Waals surface area contributed by atoms with Gasteiger partial charge in [-0.15, -0.1) is 0 Å². The summed E-state index contributed by atoms with van der Waals surface area (Å²) in [7, 11) is 1.24. The number of imidazole rings is 1. The number of benzene rings is 1. The fourth-order valence-corrected chi connectivity index (χ4v) is 5.71. The summed E-state index contributed by atoms with van der Waals surface area (Å²) in [6.45, 7) is 0.535. The molecule has 2 atom stereocenters. The lowest BCUT2D eigenvalue weighted by atomic mass is 9.92. The van der Waals surface area contributed by atoms with Crippen LogP contribution in [0, 0.1) is 0 Å². The average Bonchev–Trinajstić information content (AvgIpc) is 3.58. The molecule has 3 amide bonds. The minimum Gasteiger partial charge on any atom is -0.453 e. The molecule has 2 aliphatic heterocycles. The number of alkyl halides is 3. The third-order valence-electron chi connectivity index (χ3n) is 7.82. The molecule has 4 aromatic rings. The molecule has 2 saturated heterocycles. The maximum Gasteiger partial charge on any atom is 0.416 e. The quantitative estimate of drug-likeness (QED) is 0.329. The van der Waals surface area contributed by atoms with Crippen LogP contribution in [-0.4, -0.2) is 61.9 Å². The molecular weight excluding hydrogens is 567 g/mol. The maximum absolute atomic E-state index is 13.1. The number of ether oxygens (including phenoxy) is 1. The molecule has 0 bridgehead atoms. The first-order valence-corrected chi connectivity index (χ1v) is 13.6. The zero-order valence-electron chi connectivity index (χ0n) is 22.9.